The summed E-state index contributed by atoms with van der Waals surface area (Å²) in [5.74, 6) is 1.69. The van der Waals surface area contributed by atoms with E-state index in [0.717, 1.165) is 0 Å². The molecule has 0 aliphatic heterocycles. The van der Waals surface area contributed by atoms with E-state index in [1.807, 2.05) is 0 Å². The van der Waals surface area contributed by atoms with E-state index in [4.69, 9.17) is 5.11 Å². The van der Waals surface area contributed by atoms with Gasteiger partial charge in [-0.2, -0.15) is 0 Å². The van der Waals surface area contributed by atoms with Crippen molar-refractivity contribution in [3.05, 3.63) is 0 Å². The second kappa shape index (κ2) is 5.72. The molecule has 0 aromatic rings. The Balaban J connectivity index is 0. The van der Waals surface area contributed by atoms with Gasteiger partial charge in [0, 0.05) is 6.61 Å². The molecule has 10 heavy (non-hydrogen) atoms. The van der Waals surface area contributed by atoms with Gasteiger partial charge in [-0.05, 0) is 17.8 Å². The summed E-state index contributed by atoms with van der Waals surface area (Å²) in [5.41, 5.74) is 0. The minimum atomic E-state index is 0. The van der Waals surface area contributed by atoms with Gasteiger partial charge in [-0.25, -0.2) is 0 Å². The lowest BCUT2D eigenvalue weighted by Crippen LogP contribution is -2.19. The van der Waals surface area contributed by atoms with Gasteiger partial charge in [-0.3, -0.25) is 0 Å². The summed E-state index contributed by atoms with van der Waals surface area (Å²) < 4.78 is 0. The van der Waals surface area contributed by atoms with Crippen LogP contribution in [0.1, 0.15) is 35.1 Å². The molecule has 0 aromatic carbocycles. The Morgan fingerprint density at radius 3 is 1.30 bits per heavy atom. The lowest BCUT2D eigenvalue weighted by Gasteiger charge is -2.21. The van der Waals surface area contributed by atoms with E-state index in [9.17, 15) is 0 Å². The van der Waals surface area contributed by atoms with Crippen LogP contribution in [-0.2, 0) is 0 Å². The summed E-state index contributed by atoms with van der Waals surface area (Å²) in [5, 5.41) is 8.87. The lowest BCUT2D eigenvalue weighted by atomic mass is 9.86. The minimum absolute atomic E-state index is 0. The highest BCUT2D eigenvalue weighted by atomic mass is 16.3. The molecule has 0 aromatic heterocycles. The minimum Gasteiger partial charge on any atom is -0.396 e. The van der Waals surface area contributed by atoms with E-state index in [2.05, 4.69) is 27.7 Å². The molecule has 0 fully saturated rings. The van der Waals surface area contributed by atoms with Crippen molar-refractivity contribution < 1.29 is 5.11 Å². The number of hydrogen-bond donors (Lipinski definition) is 1. The van der Waals surface area contributed by atoms with E-state index < -0.39 is 0 Å². The van der Waals surface area contributed by atoms with E-state index in [1.165, 1.54) is 0 Å². The Kier molecular flexibility index (Phi) is 7.22. The molecule has 0 amide bonds. The molecule has 0 bridgehead atoms. The number of hydrogen-bond acceptors (Lipinski definition) is 1. The summed E-state index contributed by atoms with van der Waals surface area (Å²) in [7, 11) is 0. The number of rotatable bonds is 3. The second-order valence-corrected chi connectivity index (χ2v) is 3.33. The zero-order valence-electron chi connectivity index (χ0n) is 6.89. The van der Waals surface area contributed by atoms with Crippen LogP contribution in [0, 0.1) is 17.8 Å². The molecule has 1 nitrogen and oxygen atoms in total. The van der Waals surface area contributed by atoms with Crippen LogP contribution in [0.5, 0.6) is 0 Å². The molecule has 0 radical (unpaired) electrons. The van der Waals surface area contributed by atoms with E-state index in [1.54, 1.807) is 0 Å². The molecule has 0 unspecified atom stereocenters. The van der Waals surface area contributed by atoms with Crippen LogP contribution >= 0.6 is 0 Å². The third-order valence-electron chi connectivity index (χ3n) is 1.92. The van der Waals surface area contributed by atoms with E-state index >= 15 is 0 Å². The largest absolute Gasteiger partial charge is 0.396 e. The molecule has 0 aliphatic carbocycles. The second-order valence-electron chi connectivity index (χ2n) is 3.33. The molecule has 0 saturated heterocycles. The first-order valence-corrected chi connectivity index (χ1v) is 3.70. The van der Waals surface area contributed by atoms with Crippen molar-refractivity contribution in [1.82, 2.24) is 0 Å². The van der Waals surface area contributed by atoms with Gasteiger partial charge in [0.2, 0.25) is 0 Å². The van der Waals surface area contributed by atoms with Crippen LogP contribution in [0.4, 0.5) is 0 Å². The highest BCUT2D eigenvalue weighted by Crippen LogP contribution is 2.18. The smallest absolute Gasteiger partial charge is 0.0464 e. The Morgan fingerprint density at radius 1 is 1.00 bits per heavy atom. The summed E-state index contributed by atoms with van der Waals surface area (Å²) in [4.78, 5) is 0. The van der Waals surface area contributed by atoms with Crippen LogP contribution in [0.3, 0.4) is 0 Å². The van der Waals surface area contributed by atoms with Crippen molar-refractivity contribution in [3.63, 3.8) is 0 Å². The average Bonchev–Trinajstić information content (AvgIpc) is 1.64. The van der Waals surface area contributed by atoms with E-state index in [-0.39, 0.29) is 7.43 Å². The van der Waals surface area contributed by atoms with Crippen LogP contribution in [0.25, 0.3) is 0 Å². The van der Waals surface area contributed by atoms with Crippen LogP contribution in [-0.4, -0.2) is 11.7 Å². The molecule has 0 atom stereocenters. The quantitative estimate of drug-likeness (QED) is 0.648. The van der Waals surface area contributed by atoms with Crippen molar-refractivity contribution in [2.45, 2.75) is 35.1 Å². The van der Waals surface area contributed by atoms with Crippen molar-refractivity contribution in [3.8, 4) is 0 Å². The normalized spacial score (nSPS) is 10.8. The molecule has 1 heteroatoms. The molecule has 0 saturated carbocycles. The SMILES string of the molecule is C.CC(C)C(CO)C(C)C. The van der Waals surface area contributed by atoms with Crippen molar-refractivity contribution in [1.29, 1.82) is 0 Å². The van der Waals surface area contributed by atoms with Gasteiger partial charge in [-0.1, -0.05) is 35.1 Å². The molecule has 1 N–H and O–H groups in total. The van der Waals surface area contributed by atoms with Crippen molar-refractivity contribution >= 4 is 0 Å². The lowest BCUT2D eigenvalue weighted by molar-refractivity contribution is 0.150. The topological polar surface area (TPSA) is 20.2 Å². The van der Waals surface area contributed by atoms with E-state index in [0.29, 0.717) is 24.4 Å². The van der Waals surface area contributed by atoms with Gasteiger partial charge in [-0.15, -0.1) is 0 Å². The maximum atomic E-state index is 8.87. The first-order valence-electron chi connectivity index (χ1n) is 3.70. The first-order chi connectivity index (χ1) is 4.09. The summed E-state index contributed by atoms with van der Waals surface area (Å²) in [6, 6.07) is 0. The van der Waals surface area contributed by atoms with Crippen LogP contribution < -0.4 is 0 Å². The molecular weight excluding hydrogens is 124 g/mol. The molecule has 0 rings (SSSR count). The molecule has 0 aliphatic rings. The third-order valence-corrected chi connectivity index (χ3v) is 1.92. The highest BCUT2D eigenvalue weighted by molar-refractivity contribution is 4.64. The molecule has 0 heterocycles. The number of aliphatic hydroxyl groups is 1. The maximum absolute atomic E-state index is 8.87. The standard InChI is InChI=1S/C8H18O.CH4/c1-6(2)8(5-9)7(3)4;/h6-9H,5H2,1-4H3;1H4. The van der Waals surface area contributed by atoms with Crippen molar-refractivity contribution in [2.75, 3.05) is 6.61 Å². The average molecular weight is 146 g/mol. The zero-order valence-corrected chi connectivity index (χ0v) is 6.89. The predicted octanol–water partition coefficient (Wildman–Crippen LogP) is 2.54. The molecule has 0 spiro atoms. The van der Waals surface area contributed by atoms with Gasteiger partial charge in [0.05, 0.1) is 0 Å². The Morgan fingerprint density at radius 2 is 1.30 bits per heavy atom. The predicted molar refractivity (Wildman–Crippen MR) is 47.0 cm³/mol. The third kappa shape index (κ3) is 3.89. The summed E-state index contributed by atoms with van der Waals surface area (Å²) in [6.07, 6.45) is 0. The monoisotopic (exact) mass is 146 g/mol. The van der Waals surface area contributed by atoms with Gasteiger partial charge >= 0.3 is 0 Å². The Labute approximate surface area is 65.5 Å². The van der Waals surface area contributed by atoms with Crippen molar-refractivity contribution in [2.24, 2.45) is 17.8 Å². The van der Waals surface area contributed by atoms with Gasteiger partial charge < -0.3 is 5.11 Å². The summed E-state index contributed by atoms with van der Waals surface area (Å²) >= 11 is 0. The Hall–Kier alpha value is -0.0400. The van der Waals surface area contributed by atoms with Crippen LogP contribution in [0.2, 0.25) is 0 Å². The highest BCUT2D eigenvalue weighted by Gasteiger charge is 2.15. The fourth-order valence-corrected chi connectivity index (χ4v) is 1.19. The maximum Gasteiger partial charge on any atom is 0.0464 e. The zero-order chi connectivity index (χ0) is 7.44. The molecular formula is C9H22O. The van der Waals surface area contributed by atoms with Crippen LogP contribution in [0.15, 0.2) is 0 Å². The van der Waals surface area contributed by atoms with Gasteiger partial charge in [0.1, 0.15) is 0 Å². The van der Waals surface area contributed by atoms with Gasteiger partial charge in [0.25, 0.3) is 0 Å². The number of aliphatic hydroxyl groups excluding tert-OH is 1. The Bertz CT molecular complexity index is 59.1. The fraction of sp³-hybridized carbons (Fsp3) is 1.00. The first kappa shape index (κ1) is 12.6. The van der Waals surface area contributed by atoms with Gasteiger partial charge in [0.15, 0.2) is 0 Å². The summed E-state index contributed by atoms with van der Waals surface area (Å²) in [6.45, 7) is 8.94. The molecule has 64 valence electrons. The fourth-order valence-electron chi connectivity index (χ4n) is 1.19.